The number of thiophene rings is 1. The van der Waals surface area contributed by atoms with Gasteiger partial charge in [-0.1, -0.05) is 13.8 Å². The summed E-state index contributed by atoms with van der Waals surface area (Å²) in [6.45, 7) is 8.04. The first kappa shape index (κ1) is 26.7. The Labute approximate surface area is 203 Å². The standard InChI is InChI=1S/C20H27N5O2S.C2HF3O2/c1-12(2)18-22-24(11-17(26)21-15-6-5-7-23(4)10-15)19(27)16-9-14-8-13(3)28-20(14)25(16)18;3-2(4,5)1(6)7/h8-9,12,15H,5-7,10-11H2,1-4H3,(H,21,26);(H,6,7)/t15-;/m1./s1. The van der Waals surface area contributed by atoms with Crippen LogP contribution in [0.2, 0.25) is 0 Å². The molecule has 1 aliphatic rings. The van der Waals surface area contributed by atoms with Crippen molar-refractivity contribution in [3.63, 3.8) is 0 Å². The van der Waals surface area contributed by atoms with Gasteiger partial charge in [0, 0.05) is 28.8 Å². The minimum Gasteiger partial charge on any atom is -0.475 e. The Balaban J connectivity index is 0.000000429. The molecule has 0 aromatic carbocycles. The van der Waals surface area contributed by atoms with E-state index < -0.39 is 12.1 Å². The number of amides is 1. The van der Waals surface area contributed by atoms with E-state index in [4.69, 9.17) is 9.90 Å². The second kappa shape index (κ2) is 10.4. The van der Waals surface area contributed by atoms with E-state index in [1.54, 1.807) is 11.3 Å². The van der Waals surface area contributed by atoms with Crippen molar-refractivity contribution in [2.45, 2.75) is 58.3 Å². The Kier molecular flexibility index (Phi) is 7.90. The molecule has 3 aromatic rings. The highest BCUT2D eigenvalue weighted by atomic mass is 32.1. The first-order valence-corrected chi connectivity index (χ1v) is 11.9. The molecule has 35 heavy (non-hydrogen) atoms. The Morgan fingerprint density at radius 3 is 2.54 bits per heavy atom. The zero-order valence-electron chi connectivity index (χ0n) is 19.8. The molecule has 3 aromatic heterocycles. The molecule has 4 heterocycles. The normalized spacial score (nSPS) is 17.0. The molecule has 9 nitrogen and oxygen atoms in total. The van der Waals surface area contributed by atoms with Gasteiger partial charge in [-0.15, -0.1) is 11.3 Å². The molecular formula is C22H28F3N5O4S. The summed E-state index contributed by atoms with van der Waals surface area (Å²) >= 11 is 1.66. The number of carboxylic acid groups (broad SMARTS) is 1. The van der Waals surface area contributed by atoms with Gasteiger partial charge < -0.3 is 15.3 Å². The molecule has 2 N–H and O–H groups in total. The highest BCUT2D eigenvalue weighted by molar-refractivity contribution is 7.18. The number of piperidine rings is 1. The summed E-state index contributed by atoms with van der Waals surface area (Å²) in [6, 6.07) is 4.14. The third-order valence-electron chi connectivity index (χ3n) is 5.55. The van der Waals surface area contributed by atoms with Crippen molar-refractivity contribution in [2.75, 3.05) is 20.1 Å². The molecule has 0 saturated carbocycles. The maximum absolute atomic E-state index is 13.0. The van der Waals surface area contributed by atoms with Crippen LogP contribution in [0.3, 0.4) is 0 Å². The van der Waals surface area contributed by atoms with Crippen LogP contribution in [0.1, 0.15) is 43.3 Å². The van der Waals surface area contributed by atoms with Crippen LogP contribution in [0.4, 0.5) is 13.2 Å². The second-order valence-electron chi connectivity index (χ2n) is 8.93. The Morgan fingerprint density at radius 2 is 1.97 bits per heavy atom. The minimum atomic E-state index is -5.08. The fourth-order valence-corrected chi connectivity index (χ4v) is 5.04. The molecule has 1 atom stereocenters. The van der Waals surface area contributed by atoms with Crippen LogP contribution in [-0.4, -0.2) is 68.4 Å². The van der Waals surface area contributed by atoms with Gasteiger partial charge in [-0.2, -0.15) is 18.3 Å². The van der Waals surface area contributed by atoms with E-state index in [-0.39, 0.29) is 30.0 Å². The van der Waals surface area contributed by atoms with Gasteiger partial charge in [0.15, 0.2) is 0 Å². The number of halogens is 3. The van der Waals surface area contributed by atoms with E-state index in [0.717, 1.165) is 42.0 Å². The lowest BCUT2D eigenvalue weighted by atomic mass is 10.1. The summed E-state index contributed by atoms with van der Waals surface area (Å²) in [6.07, 6.45) is -3.04. The number of nitrogens with one attached hydrogen (secondary N) is 1. The number of fused-ring (bicyclic) bond motifs is 3. The zero-order chi connectivity index (χ0) is 26.1. The molecule has 0 aliphatic carbocycles. The molecule has 0 radical (unpaired) electrons. The number of aromatic nitrogens is 3. The number of hydrogen-bond donors (Lipinski definition) is 2. The molecule has 1 saturated heterocycles. The van der Waals surface area contributed by atoms with Gasteiger partial charge >= 0.3 is 12.1 Å². The topological polar surface area (TPSA) is 109 Å². The minimum absolute atomic E-state index is 0.0485. The van der Waals surface area contributed by atoms with E-state index in [0.29, 0.717) is 5.52 Å². The lowest BCUT2D eigenvalue weighted by Crippen LogP contribution is -2.48. The number of carbonyl (C=O) groups is 2. The molecule has 13 heteroatoms. The second-order valence-corrected chi connectivity index (χ2v) is 10.2. The number of alkyl halides is 3. The number of aliphatic carboxylic acids is 1. The number of likely N-dealkylation sites (N-methyl/N-ethyl adjacent to an activating group) is 1. The quantitative estimate of drug-likeness (QED) is 0.553. The number of hydrogen-bond acceptors (Lipinski definition) is 6. The molecule has 1 aliphatic heterocycles. The predicted octanol–water partition coefficient (Wildman–Crippen LogP) is 2.99. The predicted molar refractivity (Wildman–Crippen MR) is 126 cm³/mol. The van der Waals surface area contributed by atoms with Crippen LogP contribution >= 0.6 is 11.3 Å². The van der Waals surface area contributed by atoms with Gasteiger partial charge in [0.2, 0.25) is 5.91 Å². The smallest absolute Gasteiger partial charge is 0.475 e. The number of rotatable bonds is 4. The fraction of sp³-hybridized carbons (Fsp3) is 0.545. The van der Waals surface area contributed by atoms with E-state index in [2.05, 4.69) is 49.2 Å². The summed E-state index contributed by atoms with van der Waals surface area (Å²) in [5.74, 6) is -1.98. The van der Waals surface area contributed by atoms with E-state index in [1.807, 2.05) is 10.5 Å². The third-order valence-corrected chi connectivity index (χ3v) is 6.60. The van der Waals surface area contributed by atoms with Crippen LogP contribution in [0.25, 0.3) is 15.7 Å². The zero-order valence-corrected chi connectivity index (χ0v) is 20.7. The monoisotopic (exact) mass is 515 g/mol. The van der Waals surface area contributed by atoms with Crippen LogP contribution < -0.4 is 10.9 Å². The number of aryl methyl sites for hydroxylation is 1. The lowest BCUT2D eigenvalue weighted by molar-refractivity contribution is -0.192. The van der Waals surface area contributed by atoms with Crippen LogP contribution in [0, 0.1) is 6.92 Å². The molecule has 0 spiro atoms. The SMILES string of the molecule is Cc1cc2cc3c(=O)n(CC(=O)N[C@@H]4CCCN(C)C4)nc(C(C)C)n3c2s1.O=C(O)C(F)(F)F. The molecule has 0 unspecified atom stereocenters. The molecule has 1 amide bonds. The Hall–Kier alpha value is -2.93. The van der Waals surface area contributed by atoms with Crippen molar-refractivity contribution >= 4 is 38.9 Å². The summed E-state index contributed by atoms with van der Waals surface area (Å²) in [7, 11) is 2.06. The molecule has 1 fully saturated rings. The third kappa shape index (κ3) is 6.20. The first-order valence-electron chi connectivity index (χ1n) is 11.1. The van der Waals surface area contributed by atoms with Crippen LogP contribution in [0.15, 0.2) is 16.9 Å². The number of carboxylic acids is 1. The summed E-state index contributed by atoms with van der Waals surface area (Å²) in [4.78, 5) is 39.0. The van der Waals surface area contributed by atoms with Gasteiger partial charge in [0.05, 0.1) is 0 Å². The van der Waals surface area contributed by atoms with Crippen molar-refractivity contribution in [1.29, 1.82) is 0 Å². The van der Waals surface area contributed by atoms with Crippen molar-refractivity contribution in [2.24, 2.45) is 0 Å². The van der Waals surface area contributed by atoms with E-state index in [1.165, 1.54) is 9.56 Å². The average molecular weight is 516 g/mol. The molecule has 4 rings (SSSR count). The largest absolute Gasteiger partial charge is 0.490 e. The van der Waals surface area contributed by atoms with E-state index >= 15 is 0 Å². The molecular weight excluding hydrogens is 487 g/mol. The number of carbonyl (C=O) groups excluding carboxylic acids is 1. The Morgan fingerprint density at radius 1 is 1.31 bits per heavy atom. The van der Waals surface area contributed by atoms with Gasteiger partial charge in [-0.25, -0.2) is 9.48 Å². The van der Waals surface area contributed by atoms with Crippen LogP contribution in [-0.2, 0) is 16.1 Å². The maximum atomic E-state index is 13.0. The number of nitrogens with zero attached hydrogens (tertiary/aromatic N) is 4. The molecule has 192 valence electrons. The highest BCUT2D eigenvalue weighted by Gasteiger charge is 2.38. The van der Waals surface area contributed by atoms with E-state index in [9.17, 15) is 22.8 Å². The van der Waals surface area contributed by atoms with Gasteiger partial charge in [-0.05, 0) is 45.5 Å². The van der Waals surface area contributed by atoms with Gasteiger partial charge in [0.1, 0.15) is 22.7 Å². The highest BCUT2D eigenvalue weighted by Crippen LogP contribution is 2.29. The van der Waals surface area contributed by atoms with Crippen molar-refractivity contribution < 1.29 is 27.9 Å². The summed E-state index contributed by atoms with van der Waals surface area (Å²) < 4.78 is 35.0. The number of likely N-dealkylation sites (tertiary alicyclic amines) is 1. The fourth-order valence-electron chi connectivity index (χ4n) is 4.03. The Bertz CT molecular complexity index is 1290. The van der Waals surface area contributed by atoms with Gasteiger partial charge in [-0.3, -0.25) is 14.0 Å². The van der Waals surface area contributed by atoms with Crippen molar-refractivity contribution in [3.8, 4) is 0 Å². The van der Waals surface area contributed by atoms with Crippen molar-refractivity contribution in [3.05, 3.63) is 33.2 Å². The summed E-state index contributed by atoms with van der Waals surface area (Å²) in [5.41, 5.74) is 0.367. The average Bonchev–Trinajstić information content (AvgIpc) is 3.26. The maximum Gasteiger partial charge on any atom is 0.490 e. The van der Waals surface area contributed by atoms with Gasteiger partial charge in [0.25, 0.3) is 5.56 Å². The van der Waals surface area contributed by atoms with Crippen LogP contribution in [0.5, 0.6) is 0 Å². The van der Waals surface area contributed by atoms with Crippen molar-refractivity contribution in [1.82, 2.24) is 24.4 Å². The lowest BCUT2D eigenvalue weighted by Gasteiger charge is -2.30. The summed E-state index contributed by atoms with van der Waals surface area (Å²) in [5, 5.41) is 15.8. The molecule has 0 bridgehead atoms. The first-order chi connectivity index (χ1) is 16.3.